The van der Waals surface area contributed by atoms with Gasteiger partial charge in [-0.3, -0.25) is 9.59 Å². The molecule has 0 fully saturated rings. The van der Waals surface area contributed by atoms with E-state index in [-0.39, 0.29) is 29.7 Å². The van der Waals surface area contributed by atoms with Gasteiger partial charge in [-0.05, 0) is 64.2 Å². The number of carbonyl (C=O) groups is 2. The summed E-state index contributed by atoms with van der Waals surface area (Å²) < 4.78 is 7.54. The fourth-order valence-corrected chi connectivity index (χ4v) is 4.49. The van der Waals surface area contributed by atoms with Gasteiger partial charge in [0.25, 0.3) is 11.8 Å². The monoisotopic (exact) mass is 511 g/mol. The van der Waals surface area contributed by atoms with Crippen LogP contribution < -0.4 is 16.3 Å². The second kappa shape index (κ2) is 9.35. The van der Waals surface area contributed by atoms with Crippen molar-refractivity contribution in [1.29, 1.82) is 0 Å². The molecule has 3 aromatic heterocycles. The molecule has 38 heavy (non-hydrogen) atoms. The third kappa shape index (κ3) is 4.30. The third-order valence-corrected chi connectivity index (χ3v) is 6.48. The number of rotatable bonds is 6. The zero-order valence-corrected chi connectivity index (χ0v) is 20.2. The molecule has 2 aromatic carbocycles. The maximum Gasteiger partial charge on any atom is 0.368 e. The number of nitrogens with zero attached hydrogens (tertiary/aromatic N) is 7. The minimum Gasteiger partial charge on any atom is -0.356 e. The number of carbonyl (C=O) groups excluding carboxylic acids is 2. The number of tetrazole rings is 1. The molecule has 1 aliphatic rings. The Morgan fingerprint density at radius 1 is 1.05 bits per heavy atom. The molecular formula is C25H21N9O4. The number of hydrogen-bond acceptors (Lipinski definition) is 9. The highest BCUT2D eigenvalue weighted by Crippen LogP contribution is 2.32. The van der Waals surface area contributed by atoms with E-state index in [0.29, 0.717) is 17.7 Å². The van der Waals surface area contributed by atoms with Gasteiger partial charge >= 0.3 is 5.69 Å². The minimum atomic E-state index is -0.433. The van der Waals surface area contributed by atoms with Crippen LogP contribution in [0, 0.1) is 0 Å². The predicted molar refractivity (Wildman–Crippen MR) is 132 cm³/mol. The quantitative estimate of drug-likeness (QED) is 0.341. The van der Waals surface area contributed by atoms with Crippen molar-refractivity contribution in [2.45, 2.75) is 25.4 Å². The van der Waals surface area contributed by atoms with Gasteiger partial charge in [-0.1, -0.05) is 17.3 Å². The number of aromatic nitrogens is 7. The largest absolute Gasteiger partial charge is 0.368 e. The Bertz CT molecular complexity index is 1750. The molecule has 13 nitrogen and oxygen atoms in total. The lowest BCUT2D eigenvalue weighted by Crippen LogP contribution is -2.29. The fourth-order valence-electron chi connectivity index (χ4n) is 4.49. The number of amides is 2. The summed E-state index contributed by atoms with van der Waals surface area (Å²) in [6.07, 6.45) is 4.22. The van der Waals surface area contributed by atoms with Crippen LogP contribution in [0.1, 0.15) is 50.1 Å². The van der Waals surface area contributed by atoms with Gasteiger partial charge in [-0.2, -0.15) is 9.36 Å². The second-order valence-corrected chi connectivity index (χ2v) is 8.91. The minimum absolute atomic E-state index is 0.0803. The van der Waals surface area contributed by atoms with Gasteiger partial charge < -0.3 is 15.2 Å². The number of aryl methyl sites for hydroxylation is 2. The first-order valence-electron chi connectivity index (χ1n) is 11.8. The Morgan fingerprint density at radius 2 is 1.89 bits per heavy atom. The van der Waals surface area contributed by atoms with E-state index in [4.69, 9.17) is 4.52 Å². The Kier molecular flexibility index (Phi) is 5.71. The van der Waals surface area contributed by atoms with Crippen LogP contribution in [0.2, 0.25) is 0 Å². The molecule has 6 rings (SSSR count). The zero-order chi connectivity index (χ0) is 26.2. The number of benzene rings is 2. The van der Waals surface area contributed by atoms with Crippen LogP contribution in [0.5, 0.6) is 0 Å². The van der Waals surface area contributed by atoms with Gasteiger partial charge in [-0.15, -0.1) is 0 Å². The van der Waals surface area contributed by atoms with Gasteiger partial charge in [0.2, 0.25) is 0 Å². The molecule has 0 saturated heterocycles. The molecule has 0 unspecified atom stereocenters. The standard InChI is InChI=1S/C25H21N9O4/c1-33-25(37)34(32-31-33)17-5-6-18-15(9-17)4-7-19(18)30-24(36)21-10-20(27-13-28-21)23(35)26-11-14-2-3-16-12-29-38-22(16)8-14/h2-3,5-6,8-10,12-13,19H,4,7,11H2,1H3,(H,26,35)(H,30,36)/t19-/m1/s1. The predicted octanol–water partition coefficient (Wildman–Crippen LogP) is 1.24. The van der Waals surface area contributed by atoms with Gasteiger partial charge in [-0.25, -0.2) is 14.8 Å². The molecule has 0 aliphatic heterocycles. The summed E-state index contributed by atoms with van der Waals surface area (Å²) in [5.41, 5.74) is 3.87. The molecule has 0 radical (unpaired) electrons. The number of hydrogen-bond donors (Lipinski definition) is 2. The zero-order valence-electron chi connectivity index (χ0n) is 20.2. The van der Waals surface area contributed by atoms with Crippen molar-refractivity contribution in [3.8, 4) is 5.69 Å². The van der Waals surface area contributed by atoms with Gasteiger partial charge in [0.1, 0.15) is 17.7 Å². The van der Waals surface area contributed by atoms with E-state index in [1.54, 1.807) is 18.3 Å². The third-order valence-electron chi connectivity index (χ3n) is 6.48. The molecule has 1 aliphatic carbocycles. The van der Waals surface area contributed by atoms with Crippen LogP contribution >= 0.6 is 0 Å². The summed E-state index contributed by atoms with van der Waals surface area (Å²) >= 11 is 0. The van der Waals surface area contributed by atoms with E-state index in [1.807, 2.05) is 24.3 Å². The summed E-state index contributed by atoms with van der Waals surface area (Å²) in [4.78, 5) is 45.9. The van der Waals surface area contributed by atoms with Crippen LogP contribution in [-0.4, -0.2) is 46.7 Å². The maximum atomic E-state index is 13.0. The molecular weight excluding hydrogens is 490 g/mol. The molecule has 190 valence electrons. The van der Waals surface area contributed by atoms with E-state index in [1.165, 1.54) is 24.1 Å². The average molecular weight is 512 g/mol. The lowest BCUT2D eigenvalue weighted by molar-refractivity contribution is 0.0931. The highest BCUT2D eigenvalue weighted by atomic mass is 16.5. The summed E-state index contributed by atoms with van der Waals surface area (Å²) in [7, 11) is 1.53. The smallest absolute Gasteiger partial charge is 0.356 e. The summed E-state index contributed by atoms with van der Waals surface area (Å²) in [5.74, 6) is -0.846. The maximum absolute atomic E-state index is 13.0. The molecule has 1 atom stereocenters. The van der Waals surface area contributed by atoms with Crippen molar-refractivity contribution in [1.82, 2.24) is 45.5 Å². The Labute approximate surface area is 214 Å². The van der Waals surface area contributed by atoms with Gasteiger partial charge in [0, 0.05) is 25.0 Å². The van der Waals surface area contributed by atoms with Crippen molar-refractivity contribution in [3.63, 3.8) is 0 Å². The van der Waals surface area contributed by atoms with E-state index < -0.39 is 11.8 Å². The van der Waals surface area contributed by atoms with E-state index in [0.717, 1.165) is 33.2 Å². The first kappa shape index (κ1) is 23.2. The molecule has 2 N–H and O–H groups in total. The average Bonchev–Trinajstić information content (AvgIpc) is 3.66. The van der Waals surface area contributed by atoms with E-state index in [9.17, 15) is 14.4 Å². The van der Waals surface area contributed by atoms with Gasteiger partial charge in [0.15, 0.2) is 5.58 Å². The molecule has 0 bridgehead atoms. The lowest BCUT2D eigenvalue weighted by atomic mass is 10.1. The molecule has 13 heteroatoms. The molecule has 0 saturated carbocycles. The molecule has 3 heterocycles. The Hall–Kier alpha value is -5.20. The highest BCUT2D eigenvalue weighted by Gasteiger charge is 2.26. The molecule has 5 aromatic rings. The fraction of sp³-hybridized carbons (Fsp3) is 0.200. The van der Waals surface area contributed by atoms with Crippen molar-refractivity contribution in [2.24, 2.45) is 7.05 Å². The van der Waals surface area contributed by atoms with E-state index >= 15 is 0 Å². The second-order valence-electron chi connectivity index (χ2n) is 8.91. The van der Waals surface area contributed by atoms with E-state index in [2.05, 4.69) is 36.2 Å². The first-order valence-corrected chi connectivity index (χ1v) is 11.8. The van der Waals surface area contributed by atoms with Crippen LogP contribution in [0.15, 0.2) is 64.3 Å². The Morgan fingerprint density at radius 3 is 2.71 bits per heavy atom. The summed E-state index contributed by atoms with van der Waals surface area (Å²) in [6, 6.07) is 12.2. The number of fused-ring (bicyclic) bond motifs is 2. The molecule has 2 amide bonds. The van der Waals surface area contributed by atoms with Crippen LogP contribution in [0.3, 0.4) is 0 Å². The SMILES string of the molecule is Cn1nnn(-c2ccc3c(c2)CC[C@H]3NC(=O)c2cc(C(=O)NCc3ccc4cnoc4c3)ncn2)c1=O. The lowest BCUT2D eigenvalue weighted by Gasteiger charge is -2.14. The topological polar surface area (TPSA) is 163 Å². The molecule has 0 spiro atoms. The summed E-state index contributed by atoms with van der Waals surface area (Å²) in [6.45, 7) is 0.253. The van der Waals surface area contributed by atoms with Crippen molar-refractivity contribution in [2.75, 3.05) is 0 Å². The van der Waals surface area contributed by atoms with Crippen molar-refractivity contribution >= 4 is 22.8 Å². The van der Waals surface area contributed by atoms with Crippen LogP contribution in [-0.2, 0) is 20.0 Å². The van der Waals surface area contributed by atoms with Crippen molar-refractivity contribution in [3.05, 3.63) is 93.6 Å². The first-order chi connectivity index (χ1) is 18.5. The normalized spacial score (nSPS) is 14.4. The number of nitrogens with one attached hydrogen (secondary N) is 2. The van der Waals surface area contributed by atoms with Crippen molar-refractivity contribution < 1.29 is 14.1 Å². The highest BCUT2D eigenvalue weighted by molar-refractivity contribution is 5.97. The van der Waals surface area contributed by atoms with Crippen LogP contribution in [0.25, 0.3) is 16.7 Å². The summed E-state index contributed by atoms with van der Waals surface area (Å²) in [5, 5.41) is 18.0. The Balaban J connectivity index is 1.12. The van der Waals surface area contributed by atoms with Crippen LogP contribution in [0.4, 0.5) is 0 Å². The van der Waals surface area contributed by atoms with Gasteiger partial charge in [0.05, 0.1) is 17.9 Å².